The molecule has 2 N–H and O–H groups in total. The number of nitrogens with zero attached hydrogens (tertiary/aromatic N) is 2. The van der Waals surface area contributed by atoms with Crippen molar-refractivity contribution in [3.05, 3.63) is 42.2 Å². The van der Waals surface area contributed by atoms with E-state index in [-0.39, 0.29) is 0 Å². The van der Waals surface area contributed by atoms with Crippen LogP contribution in [0.4, 0.5) is 0 Å². The van der Waals surface area contributed by atoms with E-state index in [1.54, 1.807) is 22.9 Å². The minimum Gasteiger partial charge on any atom is -0.423 e. The molecule has 2 rings (SSSR count). The van der Waals surface area contributed by atoms with E-state index in [1.165, 1.54) is 0 Å². The Morgan fingerprint density at radius 1 is 1.27 bits per heavy atom. The number of aryl methyl sites for hydroxylation is 1. The van der Waals surface area contributed by atoms with Crippen molar-refractivity contribution in [1.29, 1.82) is 0 Å². The van der Waals surface area contributed by atoms with Crippen molar-refractivity contribution >= 4 is 12.6 Å². The molecule has 0 spiro atoms. The first-order chi connectivity index (χ1) is 7.16. The van der Waals surface area contributed by atoms with E-state index < -0.39 is 7.12 Å². The quantitative estimate of drug-likeness (QED) is 0.666. The lowest BCUT2D eigenvalue weighted by Crippen LogP contribution is -2.29. The molecule has 0 bridgehead atoms. The van der Waals surface area contributed by atoms with E-state index >= 15 is 0 Å². The lowest BCUT2D eigenvalue weighted by Gasteiger charge is -2.04. The van der Waals surface area contributed by atoms with E-state index in [1.807, 2.05) is 25.3 Å². The van der Waals surface area contributed by atoms with Gasteiger partial charge in [0.1, 0.15) is 0 Å². The molecule has 1 heterocycles. The van der Waals surface area contributed by atoms with Gasteiger partial charge in [0.15, 0.2) is 0 Å². The second-order valence-electron chi connectivity index (χ2n) is 3.37. The van der Waals surface area contributed by atoms with Crippen molar-refractivity contribution in [2.45, 2.75) is 6.92 Å². The van der Waals surface area contributed by atoms with Crippen LogP contribution in [0.5, 0.6) is 0 Å². The summed E-state index contributed by atoms with van der Waals surface area (Å²) in [7, 11) is -1.44. The summed E-state index contributed by atoms with van der Waals surface area (Å²) in [6.45, 7) is 1.90. The number of rotatable bonds is 2. The Hall–Kier alpha value is -1.59. The van der Waals surface area contributed by atoms with E-state index in [9.17, 15) is 0 Å². The van der Waals surface area contributed by atoms with Gasteiger partial charge < -0.3 is 10.0 Å². The smallest absolute Gasteiger partial charge is 0.423 e. The molecule has 0 fully saturated rings. The Balaban J connectivity index is 2.41. The number of benzene rings is 1. The van der Waals surface area contributed by atoms with Crippen molar-refractivity contribution in [2.75, 3.05) is 0 Å². The minimum atomic E-state index is -1.44. The average Bonchev–Trinajstić information content (AvgIpc) is 2.65. The summed E-state index contributed by atoms with van der Waals surface area (Å²) < 4.78 is 1.70. The molecule has 0 saturated carbocycles. The van der Waals surface area contributed by atoms with Gasteiger partial charge >= 0.3 is 7.12 Å². The van der Waals surface area contributed by atoms with Crippen LogP contribution < -0.4 is 5.46 Å². The van der Waals surface area contributed by atoms with Crippen LogP contribution in [0, 0.1) is 6.92 Å². The normalized spacial score (nSPS) is 10.3. The molecule has 76 valence electrons. The average molecular weight is 202 g/mol. The van der Waals surface area contributed by atoms with Crippen LogP contribution in [-0.4, -0.2) is 26.9 Å². The number of hydrogen-bond acceptors (Lipinski definition) is 3. The molecular formula is C10H11BN2O2. The first kappa shape index (κ1) is 9.95. The van der Waals surface area contributed by atoms with Gasteiger partial charge in [-0.15, -0.1) is 0 Å². The fourth-order valence-corrected chi connectivity index (χ4v) is 1.39. The minimum absolute atomic E-state index is 0.459. The van der Waals surface area contributed by atoms with Crippen LogP contribution in [0.15, 0.2) is 36.5 Å². The summed E-state index contributed by atoms with van der Waals surface area (Å²) in [6.07, 6.45) is 1.83. The fraction of sp³-hybridized carbons (Fsp3) is 0.100. The standard InChI is InChI=1S/C10H11BN2O2/c1-8-5-6-13(12-8)10-4-2-3-9(7-10)11(14)15/h2-7,14-15H,1H3. The molecule has 1 aromatic heterocycles. The van der Waals surface area contributed by atoms with Crippen LogP contribution in [0.2, 0.25) is 0 Å². The monoisotopic (exact) mass is 202 g/mol. The zero-order valence-electron chi connectivity index (χ0n) is 8.33. The molecular weight excluding hydrogens is 191 g/mol. The topological polar surface area (TPSA) is 58.3 Å². The predicted molar refractivity (Wildman–Crippen MR) is 58.1 cm³/mol. The third-order valence-corrected chi connectivity index (χ3v) is 2.16. The molecule has 0 aliphatic carbocycles. The van der Waals surface area contributed by atoms with Gasteiger partial charge in [-0.1, -0.05) is 12.1 Å². The molecule has 1 aromatic carbocycles. The van der Waals surface area contributed by atoms with Crippen LogP contribution in [0.1, 0.15) is 5.69 Å². The van der Waals surface area contributed by atoms with Gasteiger partial charge in [0, 0.05) is 6.20 Å². The van der Waals surface area contributed by atoms with Gasteiger partial charge in [0.2, 0.25) is 0 Å². The maximum absolute atomic E-state index is 9.03. The molecule has 0 aliphatic rings. The maximum Gasteiger partial charge on any atom is 0.488 e. The van der Waals surface area contributed by atoms with Gasteiger partial charge in [-0.2, -0.15) is 5.10 Å². The summed E-state index contributed by atoms with van der Waals surface area (Å²) in [5.41, 5.74) is 2.19. The van der Waals surface area contributed by atoms with Crippen LogP contribution in [0.25, 0.3) is 5.69 Å². The summed E-state index contributed by atoms with van der Waals surface area (Å²) in [5.74, 6) is 0. The number of aromatic nitrogens is 2. The molecule has 0 saturated heterocycles. The van der Waals surface area contributed by atoms with E-state index in [0.717, 1.165) is 11.4 Å². The first-order valence-corrected chi connectivity index (χ1v) is 4.65. The summed E-state index contributed by atoms with van der Waals surface area (Å²) in [4.78, 5) is 0. The molecule has 0 unspecified atom stereocenters. The van der Waals surface area contributed by atoms with Crippen molar-refractivity contribution in [3.8, 4) is 5.69 Å². The zero-order chi connectivity index (χ0) is 10.8. The van der Waals surface area contributed by atoms with Crippen LogP contribution in [-0.2, 0) is 0 Å². The van der Waals surface area contributed by atoms with Gasteiger partial charge in [-0.25, -0.2) is 4.68 Å². The van der Waals surface area contributed by atoms with E-state index in [4.69, 9.17) is 10.0 Å². The zero-order valence-corrected chi connectivity index (χ0v) is 8.33. The second kappa shape index (κ2) is 3.88. The molecule has 0 amide bonds. The lowest BCUT2D eigenvalue weighted by molar-refractivity contribution is 0.426. The fourth-order valence-electron chi connectivity index (χ4n) is 1.39. The highest BCUT2D eigenvalue weighted by Gasteiger charge is 2.11. The molecule has 4 nitrogen and oxygen atoms in total. The highest BCUT2D eigenvalue weighted by Crippen LogP contribution is 2.05. The summed E-state index contributed by atoms with van der Waals surface area (Å²) in [5, 5.41) is 22.3. The van der Waals surface area contributed by atoms with Gasteiger partial charge in [-0.3, -0.25) is 0 Å². The molecule has 0 radical (unpaired) electrons. The van der Waals surface area contributed by atoms with Crippen LogP contribution >= 0.6 is 0 Å². The van der Waals surface area contributed by atoms with Crippen molar-refractivity contribution in [2.24, 2.45) is 0 Å². The second-order valence-corrected chi connectivity index (χ2v) is 3.37. The largest absolute Gasteiger partial charge is 0.488 e. The van der Waals surface area contributed by atoms with Crippen molar-refractivity contribution in [1.82, 2.24) is 9.78 Å². The molecule has 5 heteroatoms. The first-order valence-electron chi connectivity index (χ1n) is 4.65. The Bertz CT molecular complexity index is 468. The highest BCUT2D eigenvalue weighted by molar-refractivity contribution is 6.58. The number of hydrogen-bond donors (Lipinski definition) is 2. The molecule has 0 aliphatic heterocycles. The van der Waals surface area contributed by atoms with Crippen molar-refractivity contribution in [3.63, 3.8) is 0 Å². The Morgan fingerprint density at radius 2 is 2.07 bits per heavy atom. The van der Waals surface area contributed by atoms with Crippen LogP contribution in [0.3, 0.4) is 0 Å². The van der Waals surface area contributed by atoms with Gasteiger partial charge in [0.25, 0.3) is 0 Å². The molecule has 0 atom stereocenters. The van der Waals surface area contributed by atoms with E-state index in [2.05, 4.69) is 5.10 Å². The Kier molecular flexibility index (Phi) is 2.57. The SMILES string of the molecule is Cc1ccn(-c2cccc(B(O)O)c2)n1. The molecule has 15 heavy (non-hydrogen) atoms. The van der Waals surface area contributed by atoms with Crippen molar-refractivity contribution < 1.29 is 10.0 Å². The summed E-state index contributed by atoms with van der Waals surface area (Å²) >= 11 is 0. The third kappa shape index (κ3) is 2.08. The maximum atomic E-state index is 9.03. The highest BCUT2D eigenvalue weighted by atomic mass is 16.4. The third-order valence-electron chi connectivity index (χ3n) is 2.16. The van der Waals surface area contributed by atoms with Gasteiger partial charge in [-0.05, 0) is 30.6 Å². The summed E-state index contributed by atoms with van der Waals surface area (Å²) in [6, 6.07) is 8.86. The van der Waals surface area contributed by atoms with E-state index in [0.29, 0.717) is 5.46 Å². The Labute approximate surface area is 87.9 Å². The van der Waals surface area contributed by atoms with Gasteiger partial charge in [0.05, 0.1) is 11.4 Å². The molecule has 2 aromatic rings. The lowest BCUT2D eigenvalue weighted by atomic mass is 9.80. The Morgan fingerprint density at radius 3 is 2.67 bits per heavy atom. The predicted octanol–water partition coefficient (Wildman–Crippen LogP) is -0.139.